The van der Waals surface area contributed by atoms with Crippen LogP contribution in [0.15, 0.2) is 20.6 Å². The van der Waals surface area contributed by atoms with E-state index in [-0.39, 0.29) is 0 Å². The molecule has 60 valence electrons. The number of hydrogen-bond acceptors (Lipinski definition) is 4. The Kier molecular flexibility index (Phi) is 3.12. The monoisotopic (exact) mass is 240 g/mol. The van der Waals surface area contributed by atoms with Crippen molar-refractivity contribution in [1.82, 2.24) is 0 Å². The summed E-state index contributed by atoms with van der Waals surface area (Å²) in [5, 5.41) is 6.35. The number of halogens is 1. The highest BCUT2D eigenvalue weighted by molar-refractivity contribution is 8.29. The largest absolute Gasteiger partial charge is 0.117 e. The summed E-state index contributed by atoms with van der Waals surface area (Å²) < 4.78 is 2.19. The third-order valence-electron chi connectivity index (χ3n) is 1.23. The Labute approximate surface area is 88.0 Å². The van der Waals surface area contributed by atoms with Gasteiger partial charge < -0.3 is 0 Å². The van der Waals surface area contributed by atoms with Crippen LogP contribution in [0.1, 0.15) is 0 Å². The molecule has 2 aliphatic rings. The van der Waals surface area contributed by atoms with Gasteiger partial charge in [-0.15, -0.1) is 35.3 Å². The lowest BCUT2D eigenvalue weighted by molar-refractivity contribution is 1.39. The van der Waals surface area contributed by atoms with Gasteiger partial charge in [0, 0.05) is 0 Å². The van der Waals surface area contributed by atoms with Gasteiger partial charge in [-0.2, -0.15) is 0 Å². The normalized spacial score (nSPS) is 31.4. The molecule has 0 fully saturated rings. The van der Waals surface area contributed by atoms with Crippen molar-refractivity contribution in [2.75, 3.05) is 0 Å². The maximum atomic E-state index is 5.85. The molecule has 0 nitrogen and oxygen atoms in total. The van der Waals surface area contributed by atoms with Crippen molar-refractivity contribution in [2.24, 2.45) is 0 Å². The number of rotatable bonds is 1. The van der Waals surface area contributed by atoms with Crippen molar-refractivity contribution < 1.29 is 0 Å². The van der Waals surface area contributed by atoms with Gasteiger partial charge in [0.25, 0.3) is 0 Å². The molecular weight excluding hydrogens is 236 g/mol. The Bertz CT molecular complexity index is 205. The van der Waals surface area contributed by atoms with E-state index in [9.17, 15) is 0 Å². The molecule has 1 atom stereocenters. The van der Waals surface area contributed by atoms with Gasteiger partial charge in [0.2, 0.25) is 0 Å². The van der Waals surface area contributed by atoms with Gasteiger partial charge in [-0.05, 0) is 16.2 Å². The van der Waals surface area contributed by atoms with Crippen LogP contribution in [0.25, 0.3) is 0 Å². The van der Waals surface area contributed by atoms with Gasteiger partial charge in [0.1, 0.15) is 0 Å². The van der Waals surface area contributed by atoms with Gasteiger partial charge in [-0.3, -0.25) is 0 Å². The topological polar surface area (TPSA) is 0 Å². The molecule has 2 aliphatic heterocycles. The second kappa shape index (κ2) is 3.92. The first-order valence-electron chi connectivity index (χ1n) is 3.00. The van der Waals surface area contributed by atoms with E-state index in [2.05, 4.69) is 10.8 Å². The standard InChI is InChI=1S/C6H5ClS4/c7-4-3-10-6(11-4)5-8-1-2-9-5/h1-3,5-6H. The number of thioether (sulfide) groups is 4. The van der Waals surface area contributed by atoms with E-state index >= 15 is 0 Å². The van der Waals surface area contributed by atoms with E-state index in [1.165, 1.54) is 0 Å². The molecular formula is C6H5ClS4. The second-order valence-electron chi connectivity index (χ2n) is 1.96. The van der Waals surface area contributed by atoms with Crippen LogP contribution in [0, 0.1) is 0 Å². The Hall–Kier alpha value is 1.17. The molecule has 0 saturated heterocycles. The predicted molar refractivity (Wildman–Crippen MR) is 61.0 cm³/mol. The van der Waals surface area contributed by atoms with Gasteiger partial charge in [-0.1, -0.05) is 23.4 Å². The fourth-order valence-corrected chi connectivity index (χ4v) is 6.39. The Morgan fingerprint density at radius 3 is 2.36 bits per heavy atom. The van der Waals surface area contributed by atoms with Gasteiger partial charge >= 0.3 is 0 Å². The summed E-state index contributed by atoms with van der Waals surface area (Å²) in [7, 11) is 0. The lowest BCUT2D eigenvalue weighted by atomic mass is 10.9. The van der Waals surface area contributed by atoms with Crippen LogP contribution in [0.2, 0.25) is 0 Å². The Balaban J connectivity index is 1.89. The van der Waals surface area contributed by atoms with E-state index in [4.69, 9.17) is 11.6 Å². The highest BCUT2D eigenvalue weighted by atomic mass is 35.5. The highest BCUT2D eigenvalue weighted by Gasteiger charge is 2.28. The zero-order valence-electron chi connectivity index (χ0n) is 5.40. The quantitative estimate of drug-likeness (QED) is 0.676. The SMILES string of the molecule is ClC1=CSC(C2SC=CS2)S1. The molecule has 0 aromatic heterocycles. The molecule has 0 saturated carbocycles. The first-order valence-corrected chi connectivity index (χ1v) is 7.08. The summed E-state index contributed by atoms with van der Waals surface area (Å²) in [6.45, 7) is 0. The van der Waals surface area contributed by atoms with Gasteiger partial charge in [0.15, 0.2) is 0 Å². The Morgan fingerprint density at radius 2 is 1.82 bits per heavy atom. The lowest BCUT2D eigenvalue weighted by Crippen LogP contribution is -2.06. The van der Waals surface area contributed by atoms with Crippen molar-refractivity contribution in [3.05, 3.63) is 20.6 Å². The molecule has 0 aromatic rings. The molecule has 2 heterocycles. The maximum Gasteiger partial charge on any atom is 0.0816 e. The summed E-state index contributed by atoms with van der Waals surface area (Å²) in [6.07, 6.45) is 0. The smallest absolute Gasteiger partial charge is 0.0816 e. The average Bonchev–Trinajstić information content (AvgIpc) is 2.55. The minimum Gasteiger partial charge on any atom is -0.117 e. The molecule has 0 radical (unpaired) electrons. The lowest BCUT2D eigenvalue weighted by Gasteiger charge is -2.13. The highest BCUT2D eigenvalue weighted by Crippen LogP contribution is 2.51. The van der Waals surface area contributed by atoms with Crippen LogP contribution < -0.4 is 0 Å². The molecule has 1 unspecified atom stereocenters. The van der Waals surface area contributed by atoms with E-state index in [0.29, 0.717) is 9.16 Å². The molecule has 2 rings (SSSR count). The fourth-order valence-electron chi connectivity index (χ4n) is 0.786. The van der Waals surface area contributed by atoms with Crippen LogP contribution in [0.4, 0.5) is 0 Å². The fraction of sp³-hybridized carbons (Fsp3) is 0.333. The molecule has 0 N–H and O–H groups in total. The predicted octanol–water partition coefficient (Wildman–Crippen LogP) is 4.11. The first-order chi connectivity index (χ1) is 5.36. The van der Waals surface area contributed by atoms with Gasteiger partial charge in [-0.25, -0.2) is 0 Å². The van der Waals surface area contributed by atoms with E-state index in [0.717, 1.165) is 4.36 Å². The molecule has 0 bridgehead atoms. The van der Waals surface area contributed by atoms with Crippen LogP contribution in [-0.2, 0) is 0 Å². The summed E-state index contributed by atoms with van der Waals surface area (Å²) in [6, 6.07) is 0. The van der Waals surface area contributed by atoms with Crippen molar-refractivity contribution in [3.8, 4) is 0 Å². The summed E-state index contributed by atoms with van der Waals surface area (Å²) in [5.41, 5.74) is 0. The molecule has 0 aromatic carbocycles. The van der Waals surface area contributed by atoms with Crippen LogP contribution in [0.3, 0.4) is 0 Å². The van der Waals surface area contributed by atoms with Crippen molar-refractivity contribution in [1.29, 1.82) is 0 Å². The van der Waals surface area contributed by atoms with Crippen molar-refractivity contribution >= 4 is 58.6 Å². The van der Waals surface area contributed by atoms with E-state index < -0.39 is 0 Å². The van der Waals surface area contributed by atoms with Crippen LogP contribution in [0.5, 0.6) is 0 Å². The maximum absolute atomic E-state index is 5.85. The zero-order chi connectivity index (χ0) is 7.68. The first kappa shape index (κ1) is 8.75. The zero-order valence-corrected chi connectivity index (χ0v) is 9.42. The van der Waals surface area contributed by atoms with E-state index in [1.54, 1.807) is 11.8 Å². The summed E-state index contributed by atoms with van der Waals surface area (Å²) in [4.78, 5) is 0. The molecule has 0 amide bonds. The molecule has 11 heavy (non-hydrogen) atoms. The van der Waals surface area contributed by atoms with Crippen LogP contribution >= 0.6 is 58.6 Å². The van der Waals surface area contributed by atoms with Gasteiger partial charge in [0.05, 0.1) is 13.5 Å². The third kappa shape index (κ3) is 2.10. The van der Waals surface area contributed by atoms with Crippen molar-refractivity contribution in [2.45, 2.75) is 9.16 Å². The molecule has 0 aliphatic carbocycles. The van der Waals surface area contributed by atoms with Crippen molar-refractivity contribution in [3.63, 3.8) is 0 Å². The summed E-state index contributed by atoms with van der Waals surface area (Å²) >= 11 is 13.2. The minimum absolute atomic E-state index is 0.604. The second-order valence-corrected chi connectivity index (χ2v) is 7.49. The molecule has 5 heteroatoms. The average molecular weight is 241 g/mol. The van der Waals surface area contributed by atoms with E-state index in [1.807, 2.05) is 40.7 Å². The summed E-state index contributed by atoms with van der Waals surface area (Å²) in [5.74, 6) is 0. The third-order valence-corrected chi connectivity index (χ3v) is 7.46. The number of hydrogen-bond donors (Lipinski definition) is 0. The molecule has 0 spiro atoms. The minimum atomic E-state index is 0.604. The van der Waals surface area contributed by atoms with Crippen LogP contribution in [-0.4, -0.2) is 9.16 Å². The Morgan fingerprint density at radius 1 is 1.09 bits per heavy atom.